The van der Waals surface area contributed by atoms with Crippen LogP contribution in [0, 0.1) is 17.8 Å². The fourth-order valence-electron chi connectivity index (χ4n) is 3.18. The third kappa shape index (κ3) is 1.50. The van der Waals surface area contributed by atoms with Crippen molar-refractivity contribution in [2.45, 2.75) is 45.3 Å². The smallest absolute Gasteiger partial charge is 0.0613 e. The van der Waals surface area contributed by atoms with Crippen molar-refractivity contribution in [3.05, 3.63) is 0 Å². The van der Waals surface area contributed by atoms with Gasteiger partial charge in [0, 0.05) is 0 Å². The summed E-state index contributed by atoms with van der Waals surface area (Å²) in [5, 5.41) is 0. The Bertz CT molecular complexity index is 177. The Labute approximate surface area is 80.8 Å². The Kier molecular flexibility index (Phi) is 2.61. The lowest BCUT2D eigenvalue weighted by atomic mass is 9.72. The molecule has 0 radical (unpaired) electrons. The lowest BCUT2D eigenvalue weighted by molar-refractivity contribution is 0.0138. The van der Waals surface area contributed by atoms with Crippen molar-refractivity contribution < 1.29 is 4.74 Å². The second-order valence-corrected chi connectivity index (χ2v) is 4.74. The number of nitrogens with two attached hydrogens (primary N) is 1. The topological polar surface area (TPSA) is 35.2 Å². The number of ether oxygens (including phenoxy) is 1. The Hall–Kier alpha value is -0.0800. The van der Waals surface area contributed by atoms with Crippen molar-refractivity contribution in [1.29, 1.82) is 0 Å². The zero-order valence-corrected chi connectivity index (χ0v) is 8.70. The van der Waals surface area contributed by atoms with E-state index < -0.39 is 0 Å². The summed E-state index contributed by atoms with van der Waals surface area (Å²) in [6, 6.07) is 0. The third-order valence-corrected chi connectivity index (χ3v) is 4.08. The molecule has 0 amide bonds. The van der Waals surface area contributed by atoms with Crippen molar-refractivity contribution in [2.24, 2.45) is 23.5 Å². The fraction of sp³-hybridized carbons (Fsp3) is 1.00. The first-order chi connectivity index (χ1) is 6.24. The number of hydrogen-bond donors (Lipinski definition) is 1. The van der Waals surface area contributed by atoms with Gasteiger partial charge in [0.1, 0.15) is 0 Å². The van der Waals surface area contributed by atoms with Crippen LogP contribution < -0.4 is 5.73 Å². The van der Waals surface area contributed by atoms with Gasteiger partial charge < -0.3 is 10.5 Å². The molecule has 2 fully saturated rings. The third-order valence-electron chi connectivity index (χ3n) is 4.08. The summed E-state index contributed by atoms with van der Waals surface area (Å²) < 4.78 is 5.95. The molecule has 0 aromatic carbocycles. The summed E-state index contributed by atoms with van der Waals surface area (Å²) in [7, 11) is 0. The van der Waals surface area contributed by atoms with E-state index in [9.17, 15) is 0 Å². The molecule has 2 rings (SSSR count). The van der Waals surface area contributed by atoms with Gasteiger partial charge in [-0.3, -0.25) is 0 Å². The molecule has 2 nitrogen and oxygen atoms in total. The van der Waals surface area contributed by atoms with Crippen molar-refractivity contribution in [2.75, 3.05) is 6.54 Å². The predicted molar refractivity (Wildman–Crippen MR) is 53.4 cm³/mol. The Balaban J connectivity index is 2.11. The molecule has 0 aromatic heterocycles. The molecule has 0 spiro atoms. The van der Waals surface area contributed by atoms with Crippen LogP contribution in [0.3, 0.4) is 0 Å². The first-order valence-corrected chi connectivity index (χ1v) is 5.59. The monoisotopic (exact) mass is 183 g/mol. The van der Waals surface area contributed by atoms with Gasteiger partial charge in [0.05, 0.1) is 12.2 Å². The molecule has 76 valence electrons. The lowest BCUT2D eigenvalue weighted by Crippen LogP contribution is -2.36. The van der Waals surface area contributed by atoms with E-state index in [0.29, 0.717) is 18.1 Å². The van der Waals surface area contributed by atoms with Crippen LogP contribution in [0.25, 0.3) is 0 Å². The van der Waals surface area contributed by atoms with Gasteiger partial charge in [-0.15, -0.1) is 0 Å². The fourth-order valence-corrected chi connectivity index (χ4v) is 3.18. The molecule has 1 saturated heterocycles. The molecule has 1 saturated carbocycles. The molecule has 2 aliphatic rings. The van der Waals surface area contributed by atoms with E-state index in [1.165, 1.54) is 19.3 Å². The average Bonchev–Trinajstić information content (AvgIpc) is 2.43. The van der Waals surface area contributed by atoms with Crippen LogP contribution in [-0.2, 0) is 4.74 Å². The Morgan fingerprint density at radius 1 is 1.31 bits per heavy atom. The van der Waals surface area contributed by atoms with Crippen molar-refractivity contribution in [3.8, 4) is 0 Å². The highest BCUT2D eigenvalue weighted by molar-refractivity contribution is 4.93. The van der Waals surface area contributed by atoms with Crippen molar-refractivity contribution >= 4 is 0 Å². The van der Waals surface area contributed by atoms with Crippen LogP contribution in [0.15, 0.2) is 0 Å². The van der Waals surface area contributed by atoms with Crippen LogP contribution >= 0.6 is 0 Å². The minimum Gasteiger partial charge on any atom is -0.375 e. The molecule has 13 heavy (non-hydrogen) atoms. The highest BCUT2D eigenvalue weighted by atomic mass is 16.5. The maximum atomic E-state index is 5.95. The first-order valence-electron chi connectivity index (χ1n) is 5.59. The Morgan fingerprint density at radius 3 is 2.77 bits per heavy atom. The van der Waals surface area contributed by atoms with E-state index in [-0.39, 0.29) is 0 Å². The van der Waals surface area contributed by atoms with Crippen LogP contribution in [0.2, 0.25) is 0 Å². The van der Waals surface area contributed by atoms with Crippen molar-refractivity contribution in [1.82, 2.24) is 0 Å². The summed E-state index contributed by atoms with van der Waals surface area (Å²) in [6.07, 6.45) is 4.85. The zero-order valence-electron chi connectivity index (χ0n) is 8.70. The summed E-state index contributed by atoms with van der Waals surface area (Å²) in [6.45, 7) is 5.38. The largest absolute Gasteiger partial charge is 0.375 e. The second kappa shape index (κ2) is 3.58. The highest BCUT2D eigenvalue weighted by Crippen LogP contribution is 2.44. The van der Waals surface area contributed by atoms with Gasteiger partial charge in [-0.2, -0.15) is 0 Å². The zero-order chi connectivity index (χ0) is 9.42. The molecule has 1 aliphatic carbocycles. The molecule has 1 heterocycles. The predicted octanol–water partition coefficient (Wildman–Crippen LogP) is 1.78. The molecule has 2 heteroatoms. The Morgan fingerprint density at radius 2 is 2.08 bits per heavy atom. The molecule has 5 atom stereocenters. The summed E-state index contributed by atoms with van der Waals surface area (Å²) >= 11 is 0. The highest BCUT2D eigenvalue weighted by Gasteiger charge is 2.44. The number of fused-ring (bicyclic) bond motifs is 1. The van der Waals surface area contributed by atoms with Crippen LogP contribution in [0.4, 0.5) is 0 Å². The van der Waals surface area contributed by atoms with Gasteiger partial charge in [0.2, 0.25) is 0 Å². The van der Waals surface area contributed by atoms with Crippen LogP contribution in [0.5, 0.6) is 0 Å². The molecule has 0 unspecified atom stereocenters. The molecule has 2 N–H and O–H groups in total. The molecule has 1 aliphatic heterocycles. The van der Waals surface area contributed by atoms with Gasteiger partial charge in [-0.05, 0) is 44.1 Å². The number of rotatable bonds is 1. The summed E-state index contributed by atoms with van der Waals surface area (Å²) in [5.74, 6) is 2.17. The van der Waals surface area contributed by atoms with Gasteiger partial charge in [0.25, 0.3) is 0 Å². The maximum absolute atomic E-state index is 5.95. The van der Waals surface area contributed by atoms with E-state index in [2.05, 4.69) is 13.8 Å². The maximum Gasteiger partial charge on any atom is 0.0613 e. The quantitative estimate of drug-likeness (QED) is 0.672. The van der Waals surface area contributed by atoms with Gasteiger partial charge in [-0.1, -0.05) is 13.3 Å². The van der Waals surface area contributed by atoms with E-state index in [1.54, 1.807) is 0 Å². The standard InChI is InChI=1S/C11H21NO/c1-7-8(2)13-10-5-3-4-9(6-12)11(7)10/h7-11H,3-6,12H2,1-2H3/t7-,8+,9+,10-,11+/m1/s1. The normalized spacial score (nSPS) is 50.5. The SMILES string of the molecule is C[C@H]1[C@H]2[C@H](CN)CCC[C@H]2O[C@H]1C. The molecular formula is C11H21NO. The van der Waals surface area contributed by atoms with Gasteiger partial charge >= 0.3 is 0 Å². The van der Waals surface area contributed by atoms with E-state index >= 15 is 0 Å². The van der Waals surface area contributed by atoms with E-state index in [4.69, 9.17) is 10.5 Å². The van der Waals surface area contributed by atoms with E-state index in [0.717, 1.165) is 18.4 Å². The molecule has 0 bridgehead atoms. The van der Waals surface area contributed by atoms with Crippen LogP contribution in [-0.4, -0.2) is 18.8 Å². The lowest BCUT2D eigenvalue weighted by Gasteiger charge is -2.33. The van der Waals surface area contributed by atoms with E-state index in [1.807, 2.05) is 0 Å². The summed E-state index contributed by atoms with van der Waals surface area (Å²) in [5.41, 5.74) is 5.81. The minimum absolute atomic E-state index is 0.446. The van der Waals surface area contributed by atoms with Crippen molar-refractivity contribution in [3.63, 3.8) is 0 Å². The molecular weight excluding hydrogens is 162 g/mol. The first kappa shape index (κ1) is 9.47. The number of hydrogen-bond acceptors (Lipinski definition) is 2. The summed E-state index contributed by atoms with van der Waals surface area (Å²) in [4.78, 5) is 0. The van der Waals surface area contributed by atoms with Crippen LogP contribution in [0.1, 0.15) is 33.1 Å². The van der Waals surface area contributed by atoms with Gasteiger partial charge in [0.15, 0.2) is 0 Å². The second-order valence-electron chi connectivity index (χ2n) is 4.74. The minimum atomic E-state index is 0.446. The van der Waals surface area contributed by atoms with Gasteiger partial charge in [-0.25, -0.2) is 0 Å². The average molecular weight is 183 g/mol. The molecule has 0 aromatic rings.